The summed E-state index contributed by atoms with van der Waals surface area (Å²) in [6.45, 7) is 2.67. The maximum atomic E-state index is 12.7. The van der Waals surface area contributed by atoms with Crippen LogP contribution in [0.2, 0.25) is 5.02 Å². The molecule has 0 saturated heterocycles. The van der Waals surface area contributed by atoms with Crippen molar-refractivity contribution >= 4 is 77.5 Å². The van der Waals surface area contributed by atoms with E-state index in [0.717, 1.165) is 47.1 Å². The number of halogens is 3. The topological polar surface area (TPSA) is 59.5 Å². The largest absolute Gasteiger partial charge is 0.450 e. The van der Waals surface area contributed by atoms with Crippen LogP contribution in [0, 0.1) is 6.92 Å². The molecule has 5 nitrogen and oxygen atoms in total. The first-order valence-electron chi connectivity index (χ1n) is 10.5. The Labute approximate surface area is 217 Å². The van der Waals surface area contributed by atoms with Gasteiger partial charge in [-0.05, 0) is 58.7 Å². The van der Waals surface area contributed by atoms with Crippen LogP contribution in [-0.2, 0) is 6.54 Å². The number of fused-ring (bicyclic) bond motifs is 2. The van der Waals surface area contributed by atoms with E-state index in [1.165, 1.54) is 0 Å². The van der Waals surface area contributed by atoms with Crippen molar-refractivity contribution in [3.63, 3.8) is 0 Å². The van der Waals surface area contributed by atoms with Crippen LogP contribution < -0.4 is 5.43 Å². The summed E-state index contributed by atoms with van der Waals surface area (Å²) < 4.78 is 9.58. The van der Waals surface area contributed by atoms with Crippen molar-refractivity contribution in [1.82, 2.24) is 9.99 Å². The number of carbonyl (C=O) groups excluding carboxylic acids is 1. The number of hydrazone groups is 1. The van der Waals surface area contributed by atoms with E-state index in [4.69, 9.17) is 16.0 Å². The van der Waals surface area contributed by atoms with Crippen molar-refractivity contribution in [3.8, 4) is 0 Å². The highest BCUT2D eigenvalue weighted by atomic mass is 79.9. The molecule has 1 amide bonds. The second kappa shape index (κ2) is 9.41. The van der Waals surface area contributed by atoms with Gasteiger partial charge in [0.25, 0.3) is 0 Å². The maximum Gasteiger partial charge on any atom is 0.307 e. The number of amides is 1. The highest BCUT2D eigenvalue weighted by molar-refractivity contribution is 9.11. The number of carbonyl (C=O) groups is 1. The van der Waals surface area contributed by atoms with Gasteiger partial charge in [-0.2, -0.15) is 5.10 Å². The molecule has 0 spiro atoms. The van der Waals surface area contributed by atoms with Gasteiger partial charge < -0.3 is 8.98 Å². The van der Waals surface area contributed by atoms with Gasteiger partial charge in [0.1, 0.15) is 5.58 Å². The molecule has 0 atom stereocenters. The van der Waals surface area contributed by atoms with Crippen LogP contribution in [0.3, 0.4) is 0 Å². The lowest BCUT2D eigenvalue weighted by Gasteiger charge is -2.10. The molecule has 34 heavy (non-hydrogen) atoms. The number of hydrogen-bond donors (Lipinski definition) is 1. The van der Waals surface area contributed by atoms with E-state index in [2.05, 4.69) is 53.0 Å². The molecule has 2 heterocycles. The average molecular weight is 600 g/mol. The summed E-state index contributed by atoms with van der Waals surface area (Å²) in [6.07, 6.45) is 1.67. The van der Waals surface area contributed by atoms with Crippen LogP contribution in [-0.4, -0.2) is 16.7 Å². The lowest BCUT2D eigenvalue weighted by atomic mass is 10.1. The Balaban J connectivity index is 1.43. The Kier molecular flexibility index (Phi) is 6.34. The van der Waals surface area contributed by atoms with Gasteiger partial charge in [-0.3, -0.25) is 4.79 Å². The van der Waals surface area contributed by atoms with Crippen molar-refractivity contribution in [3.05, 3.63) is 103 Å². The van der Waals surface area contributed by atoms with Crippen LogP contribution in [0.25, 0.3) is 21.9 Å². The van der Waals surface area contributed by atoms with Crippen molar-refractivity contribution < 1.29 is 9.21 Å². The zero-order valence-electron chi connectivity index (χ0n) is 18.0. The lowest BCUT2D eigenvalue weighted by Crippen LogP contribution is -2.16. The molecule has 0 saturated carbocycles. The number of furan rings is 1. The predicted octanol–water partition coefficient (Wildman–Crippen LogP) is 7.69. The molecule has 0 unspecified atom stereocenters. The number of benzene rings is 3. The van der Waals surface area contributed by atoms with E-state index in [9.17, 15) is 4.79 Å². The number of aromatic nitrogens is 1. The molecule has 5 rings (SSSR count). The summed E-state index contributed by atoms with van der Waals surface area (Å²) in [7, 11) is 0. The molecule has 8 heteroatoms. The zero-order valence-corrected chi connectivity index (χ0v) is 21.9. The van der Waals surface area contributed by atoms with E-state index in [1.54, 1.807) is 12.3 Å². The number of rotatable bonds is 5. The molecule has 5 aromatic rings. The molecule has 3 aromatic carbocycles. The normalized spacial score (nSPS) is 11.6. The Bertz CT molecular complexity index is 1590. The van der Waals surface area contributed by atoms with Gasteiger partial charge in [-0.1, -0.05) is 63.9 Å². The van der Waals surface area contributed by atoms with E-state index in [0.29, 0.717) is 12.1 Å². The van der Waals surface area contributed by atoms with Crippen molar-refractivity contribution in [1.29, 1.82) is 0 Å². The fourth-order valence-electron chi connectivity index (χ4n) is 4.02. The first-order valence-corrected chi connectivity index (χ1v) is 12.4. The van der Waals surface area contributed by atoms with Crippen molar-refractivity contribution in [2.24, 2.45) is 5.10 Å². The highest BCUT2D eigenvalue weighted by Gasteiger charge is 2.16. The molecular weight excluding hydrogens is 582 g/mol. The standard InChI is InChI=1S/C26H18Br2ClN3O2/c1-15-20(13-30-31-26(33)24-11-17-10-18(27)12-21(28)25(17)34-24)19-7-3-5-9-23(19)32(15)14-16-6-2-4-8-22(16)29/h2-13H,14H2,1H3,(H,31,33)/b30-13-. The first kappa shape index (κ1) is 22.9. The third kappa shape index (κ3) is 4.31. The van der Waals surface area contributed by atoms with E-state index >= 15 is 0 Å². The summed E-state index contributed by atoms with van der Waals surface area (Å²) in [5.41, 5.74) is 7.25. The maximum absolute atomic E-state index is 12.7. The number of para-hydroxylation sites is 1. The smallest absolute Gasteiger partial charge is 0.307 e. The van der Waals surface area contributed by atoms with Crippen LogP contribution in [0.1, 0.15) is 27.4 Å². The minimum absolute atomic E-state index is 0.184. The van der Waals surface area contributed by atoms with E-state index in [1.807, 2.05) is 61.5 Å². The summed E-state index contributed by atoms with van der Waals surface area (Å²) in [5.74, 6) is -0.239. The fourth-order valence-corrected chi connectivity index (χ4v) is 5.55. The van der Waals surface area contributed by atoms with Gasteiger partial charge in [0.2, 0.25) is 0 Å². The molecule has 0 aliphatic carbocycles. The van der Waals surface area contributed by atoms with Gasteiger partial charge >= 0.3 is 5.91 Å². The molecule has 0 aliphatic rings. The Hall–Kier alpha value is -2.87. The molecule has 0 aliphatic heterocycles. The van der Waals surface area contributed by atoms with E-state index in [-0.39, 0.29) is 5.76 Å². The Morgan fingerprint density at radius 1 is 1.12 bits per heavy atom. The molecular formula is C26H18Br2ClN3O2. The molecule has 0 bridgehead atoms. The predicted molar refractivity (Wildman–Crippen MR) is 144 cm³/mol. The first-order chi connectivity index (χ1) is 16.4. The number of nitrogens with one attached hydrogen (secondary N) is 1. The molecule has 1 N–H and O–H groups in total. The zero-order chi connectivity index (χ0) is 23.8. The second-order valence-corrected chi connectivity index (χ2v) is 9.99. The summed E-state index contributed by atoms with van der Waals surface area (Å²) in [6, 6.07) is 21.4. The van der Waals surface area contributed by atoms with Gasteiger partial charge in [0.05, 0.1) is 10.7 Å². The highest BCUT2D eigenvalue weighted by Crippen LogP contribution is 2.31. The molecule has 0 radical (unpaired) electrons. The summed E-state index contributed by atoms with van der Waals surface area (Å²) in [4.78, 5) is 12.7. The Morgan fingerprint density at radius 3 is 2.71 bits per heavy atom. The van der Waals surface area contributed by atoms with Crippen LogP contribution in [0.4, 0.5) is 0 Å². The molecule has 0 fully saturated rings. The van der Waals surface area contributed by atoms with Crippen LogP contribution in [0.15, 0.2) is 85.2 Å². The van der Waals surface area contributed by atoms with Crippen molar-refractivity contribution in [2.75, 3.05) is 0 Å². The van der Waals surface area contributed by atoms with Crippen molar-refractivity contribution in [2.45, 2.75) is 13.5 Å². The second-order valence-electron chi connectivity index (χ2n) is 7.81. The summed E-state index contributed by atoms with van der Waals surface area (Å²) in [5, 5.41) is 6.82. The number of nitrogens with zero attached hydrogens (tertiary/aromatic N) is 2. The third-order valence-electron chi connectivity index (χ3n) is 5.69. The van der Waals surface area contributed by atoms with Gasteiger partial charge in [-0.25, -0.2) is 5.43 Å². The lowest BCUT2D eigenvalue weighted by molar-refractivity contribution is 0.0929. The van der Waals surface area contributed by atoms with Gasteiger partial charge in [-0.15, -0.1) is 0 Å². The quantitative estimate of drug-likeness (QED) is 0.166. The van der Waals surface area contributed by atoms with Crippen LogP contribution >= 0.6 is 43.5 Å². The monoisotopic (exact) mass is 597 g/mol. The van der Waals surface area contributed by atoms with Gasteiger partial charge in [0.15, 0.2) is 5.76 Å². The summed E-state index contributed by atoms with van der Waals surface area (Å²) >= 11 is 13.3. The minimum Gasteiger partial charge on any atom is -0.450 e. The number of hydrogen-bond acceptors (Lipinski definition) is 3. The van der Waals surface area contributed by atoms with E-state index < -0.39 is 5.91 Å². The van der Waals surface area contributed by atoms with Gasteiger partial charge in [0, 0.05) is 43.6 Å². The minimum atomic E-state index is -0.423. The molecule has 2 aromatic heterocycles. The third-order valence-corrected chi connectivity index (χ3v) is 7.10. The Morgan fingerprint density at radius 2 is 1.88 bits per heavy atom. The fraction of sp³-hybridized carbons (Fsp3) is 0.0769. The average Bonchev–Trinajstić information content (AvgIpc) is 3.36. The molecule has 170 valence electrons. The van der Waals surface area contributed by atoms with Crippen LogP contribution in [0.5, 0.6) is 0 Å². The SMILES string of the molecule is Cc1c(/C=N\NC(=O)c2cc3cc(Br)cc(Br)c3o2)c2ccccc2n1Cc1ccccc1Cl.